The fourth-order valence-corrected chi connectivity index (χ4v) is 1.28. The summed E-state index contributed by atoms with van der Waals surface area (Å²) < 4.78 is 0. The summed E-state index contributed by atoms with van der Waals surface area (Å²) in [6.45, 7) is 1.82. The molecule has 0 amide bonds. The highest BCUT2D eigenvalue weighted by Crippen LogP contribution is 2.02. The molecule has 0 bridgehead atoms. The van der Waals surface area contributed by atoms with Crippen LogP contribution in [-0.2, 0) is 6.54 Å². The number of alkyl halides is 1. The molecule has 68 valence electrons. The van der Waals surface area contributed by atoms with Crippen LogP contribution in [0.25, 0.3) is 0 Å². The van der Waals surface area contributed by atoms with Crippen LogP contribution in [0.5, 0.6) is 0 Å². The van der Waals surface area contributed by atoms with Gasteiger partial charge in [-0.2, -0.15) is 5.26 Å². The maximum absolute atomic E-state index is 8.57. The van der Waals surface area contributed by atoms with E-state index >= 15 is 0 Å². The Balaban J connectivity index is 2.46. The molecule has 0 aliphatic rings. The lowest BCUT2D eigenvalue weighted by molar-refractivity contribution is 0.734. The zero-order valence-electron chi connectivity index (χ0n) is 7.26. The average molecular weight is 239 g/mol. The van der Waals surface area contributed by atoms with Crippen LogP contribution in [-0.4, -0.2) is 11.9 Å². The van der Waals surface area contributed by atoms with E-state index in [1.54, 1.807) is 0 Å². The Morgan fingerprint density at radius 2 is 2.00 bits per heavy atom. The Morgan fingerprint density at radius 1 is 1.31 bits per heavy atom. The zero-order chi connectivity index (χ0) is 9.52. The molecule has 0 aromatic heterocycles. The van der Waals surface area contributed by atoms with Gasteiger partial charge in [-0.15, -0.1) is 0 Å². The minimum absolute atomic E-state index is 0.712. The molecule has 0 aliphatic heterocycles. The number of hydrogen-bond acceptors (Lipinski definition) is 2. The second-order valence-electron chi connectivity index (χ2n) is 2.67. The van der Waals surface area contributed by atoms with E-state index in [-0.39, 0.29) is 0 Å². The maximum atomic E-state index is 8.57. The van der Waals surface area contributed by atoms with Gasteiger partial charge in [0.05, 0.1) is 11.6 Å². The lowest BCUT2D eigenvalue weighted by Crippen LogP contribution is -2.15. The highest BCUT2D eigenvalue weighted by Gasteiger charge is 1.92. The lowest BCUT2D eigenvalue weighted by Gasteiger charge is -2.01. The molecule has 1 rings (SSSR count). The Labute approximate surface area is 86.7 Å². The highest BCUT2D eigenvalue weighted by molar-refractivity contribution is 9.09. The van der Waals surface area contributed by atoms with Gasteiger partial charge in [-0.1, -0.05) is 28.1 Å². The van der Waals surface area contributed by atoms with E-state index in [9.17, 15) is 0 Å². The Kier molecular flexibility index (Phi) is 4.52. The molecular weight excluding hydrogens is 228 g/mol. The average Bonchev–Trinajstić information content (AvgIpc) is 2.19. The number of benzene rings is 1. The number of hydrogen-bond donors (Lipinski definition) is 1. The van der Waals surface area contributed by atoms with Crippen LogP contribution >= 0.6 is 15.9 Å². The minimum Gasteiger partial charge on any atom is -0.312 e. The minimum atomic E-state index is 0.712. The van der Waals surface area contributed by atoms with Crippen LogP contribution in [0.4, 0.5) is 0 Å². The molecule has 3 heteroatoms. The number of nitriles is 1. The summed E-state index contributed by atoms with van der Waals surface area (Å²) in [4.78, 5) is 0. The van der Waals surface area contributed by atoms with Gasteiger partial charge in [-0.3, -0.25) is 0 Å². The highest BCUT2D eigenvalue weighted by atomic mass is 79.9. The smallest absolute Gasteiger partial charge is 0.0991 e. The first-order valence-corrected chi connectivity index (χ1v) is 5.24. The number of nitrogens with one attached hydrogen (secondary N) is 1. The molecule has 0 unspecified atom stereocenters. The van der Waals surface area contributed by atoms with Gasteiger partial charge >= 0.3 is 0 Å². The van der Waals surface area contributed by atoms with Crippen molar-refractivity contribution in [3.05, 3.63) is 35.4 Å². The van der Waals surface area contributed by atoms with Crippen molar-refractivity contribution in [3.63, 3.8) is 0 Å². The van der Waals surface area contributed by atoms with Gasteiger partial charge in [0, 0.05) is 18.4 Å². The monoisotopic (exact) mass is 238 g/mol. The summed E-state index contributed by atoms with van der Waals surface area (Å²) in [6.07, 6.45) is 0. The molecule has 13 heavy (non-hydrogen) atoms. The van der Waals surface area contributed by atoms with Crippen molar-refractivity contribution >= 4 is 15.9 Å². The summed E-state index contributed by atoms with van der Waals surface area (Å²) in [5.74, 6) is 0. The topological polar surface area (TPSA) is 35.8 Å². The molecule has 0 saturated carbocycles. The molecular formula is C10H11BrN2. The quantitative estimate of drug-likeness (QED) is 0.644. The molecule has 0 saturated heterocycles. The fraction of sp³-hybridized carbons (Fsp3) is 0.300. The van der Waals surface area contributed by atoms with Gasteiger partial charge in [0.15, 0.2) is 0 Å². The Bertz CT molecular complexity index is 287. The first kappa shape index (κ1) is 10.2. The Morgan fingerprint density at radius 3 is 2.54 bits per heavy atom. The molecule has 2 nitrogen and oxygen atoms in total. The van der Waals surface area contributed by atoms with E-state index in [1.165, 1.54) is 5.56 Å². The second kappa shape index (κ2) is 5.74. The van der Waals surface area contributed by atoms with E-state index in [0.717, 1.165) is 18.4 Å². The fourth-order valence-electron chi connectivity index (χ4n) is 0.997. The number of nitrogens with zero attached hydrogens (tertiary/aromatic N) is 1. The van der Waals surface area contributed by atoms with Crippen LogP contribution in [0.15, 0.2) is 24.3 Å². The third-order valence-electron chi connectivity index (χ3n) is 1.68. The van der Waals surface area contributed by atoms with E-state index in [1.807, 2.05) is 24.3 Å². The van der Waals surface area contributed by atoms with E-state index < -0.39 is 0 Å². The van der Waals surface area contributed by atoms with Gasteiger partial charge < -0.3 is 5.32 Å². The summed E-state index contributed by atoms with van der Waals surface area (Å²) >= 11 is 3.34. The molecule has 0 atom stereocenters. The standard InChI is InChI=1S/C10H11BrN2/c11-5-6-13-8-10-3-1-9(7-12)2-4-10/h1-4,13H,5-6,8H2. The summed E-state index contributed by atoms with van der Waals surface area (Å²) in [5.41, 5.74) is 1.92. The summed E-state index contributed by atoms with van der Waals surface area (Å²) in [7, 11) is 0. The molecule has 0 aliphatic carbocycles. The van der Waals surface area contributed by atoms with Gasteiger partial charge in [-0.25, -0.2) is 0 Å². The predicted octanol–water partition coefficient (Wildman–Crippen LogP) is 2.04. The normalized spacial score (nSPS) is 9.54. The second-order valence-corrected chi connectivity index (χ2v) is 3.47. The van der Waals surface area contributed by atoms with E-state index in [0.29, 0.717) is 5.56 Å². The lowest BCUT2D eigenvalue weighted by atomic mass is 10.1. The third kappa shape index (κ3) is 3.58. The first-order chi connectivity index (χ1) is 6.36. The van der Waals surface area contributed by atoms with Crippen LogP contribution in [0, 0.1) is 11.3 Å². The number of rotatable bonds is 4. The number of halogens is 1. The predicted molar refractivity (Wildman–Crippen MR) is 56.7 cm³/mol. The molecule has 0 radical (unpaired) electrons. The molecule has 0 spiro atoms. The van der Waals surface area contributed by atoms with Crippen LogP contribution in [0.1, 0.15) is 11.1 Å². The van der Waals surface area contributed by atoms with Crippen LogP contribution < -0.4 is 5.32 Å². The van der Waals surface area contributed by atoms with Crippen molar-refractivity contribution in [1.29, 1.82) is 5.26 Å². The molecule has 1 aromatic rings. The van der Waals surface area contributed by atoms with Gasteiger partial charge in [0.1, 0.15) is 0 Å². The Hall–Kier alpha value is -0.850. The van der Waals surface area contributed by atoms with E-state index in [4.69, 9.17) is 5.26 Å². The molecule has 1 aromatic carbocycles. The van der Waals surface area contributed by atoms with Crippen molar-refractivity contribution in [2.75, 3.05) is 11.9 Å². The zero-order valence-corrected chi connectivity index (χ0v) is 8.84. The maximum Gasteiger partial charge on any atom is 0.0991 e. The van der Waals surface area contributed by atoms with Crippen molar-refractivity contribution in [3.8, 4) is 6.07 Å². The van der Waals surface area contributed by atoms with Crippen molar-refractivity contribution < 1.29 is 0 Å². The first-order valence-electron chi connectivity index (χ1n) is 4.12. The van der Waals surface area contributed by atoms with Crippen LogP contribution in [0.3, 0.4) is 0 Å². The van der Waals surface area contributed by atoms with Crippen molar-refractivity contribution in [2.45, 2.75) is 6.54 Å². The summed E-state index contributed by atoms with van der Waals surface area (Å²) in [5, 5.41) is 12.8. The third-order valence-corrected chi connectivity index (χ3v) is 2.08. The molecule has 1 N–H and O–H groups in total. The van der Waals surface area contributed by atoms with Crippen molar-refractivity contribution in [1.82, 2.24) is 5.32 Å². The largest absolute Gasteiger partial charge is 0.312 e. The molecule has 0 fully saturated rings. The SMILES string of the molecule is N#Cc1ccc(CNCCBr)cc1. The van der Waals surface area contributed by atoms with Crippen LogP contribution in [0.2, 0.25) is 0 Å². The van der Waals surface area contributed by atoms with E-state index in [2.05, 4.69) is 27.3 Å². The van der Waals surface area contributed by atoms with Gasteiger partial charge in [-0.05, 0) is 17.7 Å². The van der Waals surface area contributed by atoms with Gasteiger partial charge in [0.25, 0.3) is 0 Å². The summed E-state index contributed by atoms with van der Waals surface area (Å²) in [6, 6.07) is 9.71. The van der Waals surface area contributed by atoms with Crippen molar-refractivity contribution in [2.24, 2.45) is 0 Å². The molecule has 0 heterocycles. The van der Waals surface area contributed by atoms with Gasteiger partial charge in [0.2, 0.25) is 0 Å².